The topological polar surface area (TPSA) is 18.5 Å². The van der Waals surface area contributed by atoms with Gasteiger partial charge in [0.1, 0.15) is 0 Å². The second-order valence-corrected chi connectivity index (χ2v) is 8.32. The summed E-state index contributed by atoms with van der Waals surface area (Å²) in [6, 6.07) is 1.20. The molecule has 1 aliphatic rings. The third kappa shape index (κ3) is 2.96. The molecule has 0 aromatic carbocycles. The molecule has 0 N–H and O–H groups in total. The molecule has 0 aromatic rings. The maximum absolute atomic E-state index is 5.38. The van der Waals surface area contributed by atoms with E-state index >= 15 is 0 Å². The van der Waals surface area contributed by atoms with Crippen molar-refractivity contribution in [1.29, 1.82) is 0 Å². The molecule has 10 heavy (non-hydrogen) atoms. The molecule has 1 fully saturated rings. The molecule has 0 amide bonds. The zero-order valence-corrected chi connectivity index (χ0v) is 9.58. The minimum absolute atomic E-state index is 0.445. The molecule has 1 saturated heterocycles. The van der Waals surface area contributed by atoms with Gasteiger partial charge in [0.25, 0.3) is 10.0 Å². The van der Waals surface area contributed by atoms with Crippen LogP contribution in [-0.2, 0) is 8.23 Å². The molecule has 1 aliphatic heterocycles. The monoisotopic (exact) mass is 176 g/mol. The summed E-state index contributed by atoms with van der Waals surface area (Å²) in [7, 11) is -1.48. The zero-order chi connectivity index (χ0) is 7.61. The lowest BCUT2D eigenvalue weighted by Crippen LogP contribution is -2.39. The van der Waals surface area contributed by atoms with Gasteiger partial charge in [-0.3, -0.25) is 0 Å². The Kier molecular flexibility index (Phi) is 2.68. The third-order valence-corrected chi connectivity index (χ3v) is 6.46. The van der Waals surface area contributed by atoms with Crippen molar-refractivity contribution in [2.45, 2.75) is 33.2 Å². The predicted molar refractivity (Wildman–Crippen MR) is 46.7 cm³/mol. The van der Waals surface area contributed by atoms with Crippen LogP contribution >= 0.6 is 0 Å². The van der Waals surface area contributed by atoms with Crippen molar-refractivity contribution >= 4 is 19.3 Å². The van der Waals surface area contributed by atoms with E-state index in [0.717, 1.165) is 0 Å². The van der Waals surface area contributed by atoms with Gasteiger partial charge >= 0.3 is 9.28 Å². The molecular weight excluding hydrogens is 160 g/mol. The molecule has 0 unspecified atom stereocenters. The van der Waals surface area contributed by atoms with Crippen LogP contribution in [0.4, 0.5) is 0 Å². The second-order valence-electron chi connectivity index (χ2n) is 3.98. The summed E-state index contributed by atoms with van der Waals surface area (Å²) in [6.45, 7) is 6.78. The van der Waals surface area contributed by atoms with E-state index in [0.29, 0.717) is 5.41 Å². The van der Waals surface area contributed by atoms with Crippen LogP contribution in [0.3, 0.4) is 0 Å². The Morgan fingerprint density at radius 1 is 1.30 bits per heavy atom. The van der Waals surface area contributed by atoms with E-state index in [2.05, 4.69) is 20.8 Å². The fourth-order valence-electron chi connectivity index (χ4n) is 0.882. The number of rotatable bonds is 2. The van der Waals surface area contributed by atoms with Gasteiger partial charge in [-0.05, 0) is 17.9 Å². The lowest BCUT2D eigenvalue weighted by molar-refractivity contribution is 0.295. The van der Waals surface area contributed by atoms with Gasteiger partial charge in [0.15, 0.2) is 0 Å². The van der Waals surface area contributed by atoms with Crippen molar-refractivity contribution in [3.8, 4) is 0 Å². The molecule has 1 rings (SSSR count). The second kappa shape index (κ2) is 3.17. The highest BCUT2D eigenvalue weighted by molar-refractivity contribution is 6.64. The Hall–Kier alpha value is 0.354. The average molecular weight is 176 g/mol. The maximum atomic E-state index is 5.38. The predicted octanol–water partition coefficient (Wildman–Crippen LogP) is 0.689. The summed E-state index contributed by atoms with van der Waals surface area (Å²) in [5.74, 6) is 0. The van der Waals surface area contributed by atoms with E-state index in [1.807, 2.05) is 0 Å². The van der Waals surface area contributed by atoms with Gasteiger partial charge in [0.2, 0.25) is 0 Å². The van der Waals surface area contributed by atoms with Crippen molar-refractivity contribution < 1.29 is 8.23 Å². The quantitative estimate of drug-likeness (QED) is 0.576. The fraction of sp³-hybridized carbons (Fsp3) is 1.00. The molecule has 60 valence electrons. The highest BCUT2D eigenvalue weighted by atomic mass is 28.4. The van der Waals surface area contributed by atoms with Gasteiger partial charge in [0.05, 0.1) is 0 Å². The molecule has 0 radical (unpaired) electrons. The van der Waals surface area contributed by atoms with Crippen LogP contribution in [0.1, 0.15) is 27.2 Å². The van der Waals surface area contributed by atoms with Crippen molar-refractivity contribution in [3.05, 3.63) is 0 Å². The Labute approximate surface area is 66.8 Å². The van der Waals surface area contributed by atoms with E-state index in [1.165, 1.54) is 12.5 Å². The molecular formula is C6H16O2Si2. The van der Waals surface area contributed by atoms with E-state index in [4.69, 9.17) is 8.23 Å². The van der Waals surface area contributed by atoms with Gasteiger partial charge in [-0.1, -0.05) is 20.8 Å². The molecule has 0 spiro atoms. The Balaban J connectivity index is 2.04. The molecule has 0 bridgehead atoms. The lowest BCUT2D eigenvalue weighted by atomic mass is 9.94. The molecule has 0 atom stereocenters. The molecule has 0 aromatic heterocycles. The average Bonchev–Trinajstić information content (AvgIpc) is 1.56. The molecule has 2 nitrogen and oxygen atoms in total. The number of hydrogen-bond acceptors (Lipinski definition) is 2. The summed E-state index contributed by atoms with van der Waals surface area (Å²) in [5, 5.41) is 0. The molecule has 4 heteroatoms. The molecule has 1 heterocycles. The van der Waals surface area contributed by atoms with Crippen LogP contribution in [0.15, 0.2) is 0 Å². The maximum Gasteiger partial charge on any atom is 0.303 e. The van der Waals surface area contributed by atoms with Crippen LogP contribution in [0.5, 0.6) is 0 Å². The minimum Gasteiger partial charge on any atom is -0.422 e. The van der Waals surface area contributed by atoms with Gasteiger partial charge in [-0.15, -0.1) is 0 Å². The first kappa shape index (κ1) is 8.45. The third-order valence-electron chi connectivity index (χ3n) is 1.64. The number of hydrogen-bond donors (Lipinski definition) is 0. The van der Waals surface area contributed by atoms with Crippen LogP contribution in [0, 0.1) is 5.41 Å². The van der Waals surface area contributed by atoms with E-state index in [1.54, 1.807) is 0 Å². The molecule has 0 aliphatic carbocycles. The SMILES string of the molecule is CC(C)(C)CC[SiH]1O[SiH2]O1. The van der Waals surface area contributed by atoms with Crippen LogP contribution in [0.25, 0.3) is 0 Å². The Morgan fingerprint density at radius 3 is 2.20 bits per heavy atom. The zero-order valence-electron chi connectivity index (χ0n) is 7.02. The van der Waals surface area contributed by atoms with E-state index in [9.17, 15) is 0 Å². The summed E-state index contributed by atoms with van der Waals surface area (Å²) in [5.41, 5.74) is 0.455. The Bertz CT molecular complexity index is 107. The standard InChI is InChI=1S/C6H16O2Si2/c1-6(2,3)4-5-10-7-9-8-10/h10H,4-5,9H2,1-3H3. The van der Waals surface area contributed by atoms with Gasteiger partial charge in [-0.25, -0.2) is 0 Å². The van der Waals surface area contributed by atoms with Crippen LogP contribution in [-0.4, -0.2) is 19.3 Å². The van der Waals surface area contributed by atoms with Crippen molar-refractivity contribution in [2.24, 2.45) is 5.41 Å². The highest BCUT2D eigenvalue weighted by Gasteiger charge is 2.24. The van der Waals surface area contributed by atoms with Gasteiger partial charge in [-0.2, -0.15) is 0 Å². The fourth-order valence-corrected chi connectivity index (χ4v) is 4.63. The van der Waals surface area contributed by atoms with Crippen LogP contribution in [0.2, 0.25) is 6.04 Å². The van der Waals surface area contributed by atoms with E-state index < -0.39 is 19.3 Å². The minimum atomic E-state index is -1.04. The normalized spacial score (nSPS) is 28.5. The van der Waals surface area contributed by atoms with Crippen molar-refractivity contribution in [1.82, 2.24) is 0 Å². The smallest absolute Gasteiger partial charge is 0.303 e. The van der Waals surface area contributed by atoms with Crippen molar-refractivity contribution in [3.63, 3.8) is 0 Å². The Morgan fingerprint density at radius 2 is 1.90 bits per heavy atom. The summed E-state index contributed by atoms with van der Waals surface area (Å²) in [6.07, 6.45) is 1.25. The van der Waals surface area contributed by atoms with E-state index in [-0.39, 0.29) is 0 Å². The largest absolute Gasteiger partial charge is 0.422 e. The summed E-state index contributed by atoms with van der Waals surface area (Å²) in [4.78, 5) is 0. The first-order valence-electron chi connectivity index (χ1n) is 3.81. The highest BCUT2D eigenvalue weighted by Crippen LogP contribution is 2.23. The molecule has 0 saturated carbocycles. The summed E-state index contributed by atoms with van der Waals surface area (Å²) >= 11 is 0. The van der Waals surface area contributed by atoms with Gasteiger partial charge in [0, 0.05) is 0 Å². The first-order chi connectivity index (χ1) is 4.58. The van der Waals surface area contributed by atoms with Gasteiger partial charge < -0.3 is 8.23 Å². The summed E-state index contributed by atoms with van der Waals surface area (Å²) < 4.78 is 10.8. The lowest BCUT2D eigenvalue weighted by Gasteiger charge is -2.28. The first-order valence-corrected chi connectivity index (χ1v) is 6.72. The van der Waals surface area contributed by atoms with Crippen LogP contribution < -0.4 is 0 Å². The van der Waals surface area contributed by atoms with Crippen molar-refractivity contribution in [2.75, 3.05) is 0 Å².